The molecule has 0 amide bonds. The van der Waals surface area contributed by atoms with E-state index in [0.29, 0.717) is 6.04 Å². The fraction of sp³-hybridized carbons (Fsp3) is 0.625. The number of ether oxygens (including phenoxy) is 1. The number of nitrogens with two attached hydrogens (primary N) is 1. The van der Waals surface area contributed by atoms with E-state index in [-0.39, 0.29) is 0 Å². The standard InChI is InChI=1S/C16H28N2O/c1-3-4-6-14-8-10-15(11-9-14)18-16(13-19-2)7-5-12-17/h8-11,16,18H,3-7,12-13,17H2,1-2H3. The van der Waals surface area contributed by atoms with Crippen molar-refractivity contribution in [2.45, 2.75) is 45.1 Å². The monoisotopic (exact) mass is 264 g/mol. The average molecular weight is 264 g/mol. The molecule has 3 heteroatoms. The number of hydrogen-bond donors (Lipinski definition) is 2. The van der Waals surface area contributed by atoms with Gasteiger partial charge >= 0.3 is 0 Å². The number of anilines is 1. The van der Waals surface area contributed by atoms with Crippen molar-refractivity contribution in [3.63, 3.8) is 0 Å². The van der Waals surface area contributed by atoms with Crippen molar-refractivity contribution in [2.24, 2.45) is 5.73 Å². The van der Waals surface area contributed by atoms with Crippen molar-refractivity contribution < 1.29 is 4.74 Å². The summed E-state index contributed by atoms with van der Waals surface area (Å²) >= 11 is 0. The predicted octanol–water partition coefficient (Wildman–Crippen LogP) is 3.20. The molecule has 0 spiro atoms. The van der Waals surface area contributed by atoms with Crippen LogP contribution in [0.1, 0.15) is 38.2 Å². The number of benzene rings is 1. The Bertz CT molecular complexity index is 324. The van der Waals surface area contributed by atoms with Gasteiger partial charge in [-0.05, 0) is 49.9 Å². The van der Waals surface area contributed by atoms with Gasteiger partial charge in [-0.25, -0.2) is 0 Å². The Morgan fingerprint density at radius 2 is 1.95 bits per heavy atom. The molecule has 19 heavy (non-hydrogen) atoms. The summed E-state index contributed by atoms with van der Waals surface area (Å²) in [5, 5.41) is 3.52. The van der Waals surface area contributed by atoms with E-state index in [2.05, 4.69) is 36.5 Å². The van der Waals surface area contributed by atoms with Crippen LogP contribution < -0.4 is 11.1 Å². The summed E-state index contributed by atoms with van der Waals surface area (Å²) < 4.78 is 5.25. The molecule has 0 aromatic heterocycles. The topological polar surface area (TPSA) is 47.3 Å². The molecule has 0 radical (unpaired) electrons. The number of unbranched alkanes of at least 4 members (excludes halogenated alkanes) is 1. The Balaban J connectivity index is 2.48. The van der Waals surface area contributed by atoms with E-state index in [1.807, 2.05) is 0 Å². The first kappa shape index (κ1) is 16.0. The van der Waals surface area contributed by atoms with Gasteiger partial charge in [-0.15, -0.1) is 0 Å². The van der Waals surface area contributed by atoms with Gasteiger partial charge < -0.3 is 15.8 Å². The third kappa shape index (κ3) is 6.60. The summed E-state index contributed by atoms with van der Waals surface area (Å²) in [4.78, 5) is 0. The second-order valence-electron chi connectivity index (χ2n) is 5.03. The molecule has 0 saturated heterocycles. The van der Waals surface area contributed by atoms with Crippen molar-refractivity contribution in [3.05, 3.63) is 29.8 Å². The zero-order chi connectivity index (χ0) is 13.9. The highest BCUT2D eigenvalue weighted by molar-refractivity contribution is 5.45. The molecule has 108 valence electrons. The lowest BCUT2D eigenvalue weighted by Gasteiger charge is -2.19. The van der Waals surface area contributed by atoms with Crippen LogP contribution in [0.15, 0.2) is 24.3 Å². The van der Waals surface area contributed by atoms with Crippen LogP contribution >= 0.6 is 0 Å². The number of hydrogen-bond acceptors (Lipinski definition) is 3. The Labute approximate surface area is 117 Å². The normalized spacial score (nSPS) is 12.4. The zero-order valence-corrected chi connectivity index (χ0v) is 12.3. The quantitative estimate of drug-likeness (QED) is 0.682. The summed E-state index contributed by atoms with van der Waals surface area (Å²) in [5.74, 6) is 0. The van der Waals surface area contributed by atoms with Gasteiger partial charge in [0.2, 0.25) is 0 Å². The SMILES string of the molecule is CCCCc1ccc(NC(CCCN)COC)cc1. The highest BCUT2D eigenvalue weighted by atomic mass is 16.5. The third-order valence-electron chi connectivity index (χ3n) is 3.27. The molecule has 0 bridgehead atoms. The van der Waals surface area contributed by atoms with E-state index >= 15 is 0 Å². The van der Waals surface area contributed by atoms with Gasteiger partial charge in [0, 0.05) is 18.8 Å². The van der Waals surface area contributed by atoms with Crippen LogP contribution in [-0.4, -0.2) is 26.3 Å². The molecule has 1 rings (SSSR count). The van der Waals surface area contributed by atoms with Gasteiger partial charge in [-0.1, -0.05) is 25.5 Å². The largest absolute Gasteiger partial charge is 0.383 e. The average Bonchev–Trinajstić information content (AvgIpc) is 2.44. The number of methoxy groups -OCH3 is 1. The highest BCUT2D eigenvalue weighted by Crippen LogP contribution is 2.14. The van der Waals surface area contributed by atoms with Gasteiger partial charge in [-0.3, -0.25) is 0 Å². The van der Waals surface area contributed by atoms with E-state index in [9.17, 15) is 0 Å². The first-order chi connectivity index (χ1) is 9.30. The lowest BCUT2D eigenvalue weighted by atomic mass is 10.1. The number of rotatable bonds is 10. The Morgan fingerprint density at radius 1 is 1.21 bits per heavy atom. The lowest BCUT2D eigenvalue weighted by molar-refractivity contribution is 0.182. The first-order valence-electron chi connectivity index (χ1n) is 7.34. The molecule has 0 aliphatic heterocycles. The first-order valence-corrected chi connectivity index (χ1v) is 7.34. The fourth-order valence-corrected chi connectivity index (χ4v) is 2.15. The van der Waals surface area contributed by atoms with E-state index in [0.717, 1.165) is 26.0 Å². The van der Waals surface area contributed by atoms with Gasteiger partial charge in [0.15, 0.2) is 0 Å². The maximum atomic E-state index is 5.56. The smallest absolute Gasteiger partial charge is 0.0664 e. The van der Waals surface area contributed by atoms with Crippen molar-refractivity contribution in [1.82, 2.24) is 0 Å². The van der Waals surface area contributed by atoms with Gasteiger partial charge in [0.1, 0.15) is 0 Å². The molecular formula is C16H28N2O. The maximum Gasteiger partial charge on any atom is 0.0664 e. The van der Waals surface area contributed by atoms with Crippen LogP contribution in [0.5, 0.6) is 0 Å². The Hall–Kier alpha value is -1.06. The van der Waals surface area contributed by atoms with Crippen LogP contribution in [0, 0.1) is 0 Å². The molecule has 1 aromatic rings. The van der Waals surface area contributed by atoms with E-state index < -0.39 is 0 Å². The molecule has 0 heterocycles. The summed E-state index contributed by atoms with van der Waals surface area (Å²) in [6, 6.07) is 9.09. The summed E-state index contributed by atoms with van der Waals surface area (Å²) in [5.41, 5.74) is 8.14. The van der Waals surface area contributed by atoms with Crippen LogP contribution in [0.25, 0.3) is 0 Å². The van der Waals surface area contributed by atoms with E-state index in [4.69, 9.17) is 10.5 Å². The predicted molar refractivity (Wildman–Crippen MR) is 82.6 cm³/mol. The summed E-state index contributed by atoms with van der Waals surface area (Å²) in [6.07, 6.45) is 5.74. The molecule has 0 saturated carbocycles. The lowest BCUT2D eigenvalue weighted by Crippen LogP contribution is -2.25. The van der Waals surface area contributed by atoms with Crippen LogP contribution in [0.3, 0.4) is 0 Å². The zero-order valence-electron chi connectivity index (χ0n) is 12.3. The maximum absolute atomic E-state index is 5.56. The third-order valence-corrected chi connectivity index (χ3v) is 3.27. The minimum Gasteiger partial charge on any atom is -0.383 e. The summed E-state index contributed by atoms with van der Waals surface area (Å²) in [7, 11) is 1.74. The number of aryl methyl sites for hydroxylation is 1. The minimum absolute atomic E-state index is 0.343. The molecule has 1 unspecified atom stereocenters. The van der Waals surface area contributed by atoms with Gasteiger partial charge in [0.25, 0.3) is 0 Å². The van der Waals surface area contributed by atoms with Gasteiger partial charge in [-0.2, -0.15) is 0 Å². The molecule has 1 aromatic carbocycles. The molecular weight excluding hydrogens is 236 g/mol. The van der Waals surface area contributed by atoms with Crippen LogP contribution in [-0.2, 0) is 11.2 Å². The van der Waals surface area contributed by atoms with Crippen molar-refractivity contribution >= 4 is 5.69 Å². The second kappa shape index (κ2) is 9.82. The Morgan fingerprint density at radius 3 is 2.53 bits per heavy atom. The van der Waals surface area contributed by atoms with E-state index in [1.54, 1.807) is 7.11 Å². The second-order valence-corrected chi connectivity index (χ2v) is 5.03. The molecule has 1 atom stereocenters. The van der Waals surface area contributed by atoms with Gasteiger partial charge in [0.05, 0.1) is 6.61 Å². The fourth-order valence-electron chi connectivity index (χ4n) is 2.15. The Kier molecular flexibility index (Phi) is 8.26. The molecule has 0 aliphatic carbocycles. The minimum atomic E-state index is 0.343. The molecule has 0 fully saturated rings. The van der Waals surface area contributed by atoms with Crippen molar-refractivity contribution in [2.75, 3.05) is 25.6 Å². The van der Waals surface area contributed by atoms with Crippen molar-refractivity contribution in [3.8, 4) is 0 Å². The number of nitrogens with one attached hydrogen (secondary N) is 1. The molecule has 0 aliphatic rings. The molecule has 3 nitrogen and oxygen atoms in total. The van der Waals surface area contributed by atoms with E-state index in [1.165, 1.54) is 30.5 Å². The van der Waals surface area contributed by atoms with Crippen LogP contribution in [0.2, 0.25) is 0 Å². The van der Waals surface area contributed by atoms with Crippen LogP contribution in [0.4, 0.5) is 5.69 Å². The summed E-state index contributed by atoms with van der Waals surface area (Å²) in [6.45, 7) is 3.68. The highest BCUT2D eigenvalue weighted by Gasteiger charge is 2.07. The molecule has 3 N–H and O–H groups in total. The van der Waals surface area contributed by atoms with Crippen molar-refractivity contribution in [1.29, 1.82) is 0 Å².